The van der Waals surface area contributed by atoms with Crippen LogP contribution in [0.5, 0.6) is 11.5 Å². The van der Waals surface area contributed by atoms with Gasteiger partial charge in [0.25, 0.3) is 5.56 Å². The zero-order valence-corrected chi connectivity index (χ0v) is 22.1. The maximum Gasteiger partial charge on any atom is 0.417 e. The lowest BCUT2D eigenvalue weighted by Gasteiger charge is -2.26. The minimum absolute atomic E-state index is 0.184. The van der Waals surface area contributed by atoms with E-state index < -0.39 is 11.7 Å². The highest BCUT2D eigenvalue weighted by atomic mass is 79.9. The van der Waals surface area contributed by atoms with Gasteiger partial charge in [0.05, 0.1) is 17.5 Å². The molecular formula is C25H25BrN6O4. The Labute approximate surface area is 216 Å². The van der Waals surface area contributed by atoms with Crippen LogP contribution in [0.25, 0.3) is 22.3 Å². The van der Waals surface area contributed by atoms with E-state index in [1.54, 1.807) is 65.3 Å². The number of anilines is 1. The van der Waals surface area contributed by atoms with Crippen LogP contribution in [0.2, 0.25) is 0 Å². The third-order valence-electron chi connectivity index (χ3n) is 5.04. The Morgan fingerprint density at radius 2 is 1.86 bits per heavy atom. The number of hydrogen-bond donors (Lipinski definition) is 0. The van der Waals surface area contributed by atoms with Crippen LogP contribution in [0.3, 0.4) is 0 Å². The Hall–Kier alpha value is -3.86. The van der Waals surface area contributed by atoms with E-state index in [9.17, 15) is 9.59 Å². The molecular weight excluding hydrogens is 528 g/mol. The first-order chi connectivity index (χ1) is 17.1. The number of ether oxygens (including phenoxy) is 2. The van der Waals surface area contributed by atoms with Crippen LogP contribution < -0.4 is 15.2 Å². The SMILES string of the molecule is CCN(C(=O)OC(C)(C)C)c1ncc(-c2ccc3cc(Oc4ccnc(Br)c4)cnc3n2)c(=O)n1C. The van der Waals surface area contributed by atoms with Crippen molar-refractivity contribution in [3.8, 4) is 22.8 Å². The van der Waals surface area contributed by atoms with Crippen LogP contribution in [-0.4, -0.2) is 42.7 Å². The number of pyridine rings is 3. The monoisotopic (exact) mass is 552 g/mol. The van der Waals surface area contributed by atoms with Gasteiger partial charge < -0.3 is 9.47 Å². The summed E-state index contributed by atoms with van der Waals surface area (Å²) in [4.78, 5) is 44.5. The van der Waals surface area contributed by atoms with Crippen molar-refractivity contribution in [1.82, 2.24) is 24.5 Å². The van der Waals surface area contributed by atoms with E-state index in [0.717, 1.165) is 5.39 Å². The summed E-state index contributed by atoms with van der Waals surface area (Å²) in [5.74, 6) is 1.34. The first-order valence-electron chi connectivity index (χ1n) is 11.2. The van der Waals surface area contributed by atoms with Gasteiger partial charge in [-0.1, -0.05) is 0 Å². The molecule has 4 aromatic rings. The second kappa shape index (κ2) is 10.0. The largest absolute Gasteiger partial charge is 0.456 e. The number of aromatic nitrogens is 5. The topological polar surface area (TPSA) is 112 Å². The molecule has 0 aromatic carbocycles. The molecule has 186 valence electrons. The molecule has 0 fully saturated rings. The predicted molar refractivity (Wildman–Crippen MR) is 139 cm³/mol. The Morgan fingerprint density at radius 1 is 1.08 bits per heavy atom. The number of halogens is 1. The maximum absolute atomic E-state index is 13.2. The van der Waals surface area contributed by atoms with Crippen LogP contribution >= 0.6 is 15.9 Å². The fourth-order valence-corrected chi connectivity index (χ4v) is 3.76. The van der Waals surface area contributed by atoms with E-state index in [1.165, 1.54) is 15.7 Å². The average Bonchev–Trinajstić information content (AvgIpc) is 2.81. The number of amides is 1. The summed E-state index contributed by atoms with van der Waals surface area (Å²) in [5.41, 5.74) is 0.127. The number of carbonyl (C=O) groups excluding carboxylic acids is 1. The third-order valence-corrected chi connectivity index (χ3v) is 5.48. The summed E-state index contributed by atoms with van der Waals surface area (Å²) in [6.45, 7) is 7.41. The number of carbonyl (C=O) groups is 1. The molecule has 4 rings (SSSR count). The zero-order chi connectivity index (χ0) is 26.0. The molecule has 0 spiro atoms. The summed E-state index contributed by atoms with van der Waals surface area (Å²) in [6, 6.07) is 8.84. The zero-order valence-electron chi connectivity index (χ0n) is 20.5. The summed E-state index contributed by atoms with van der Waals surface area (Å²) >= 11 is 3.32. The van der Waals surface area contributed by atoms with Gasteiger partial charge >= 0.3 is 6.09 Å². The molecule has 0 saturated heterocycles. The van der Waals surface area contributed by atoms with Gasteiger partial charge in [-0.05, 0) is 67.9 Å². The fourth-order valence-electron chi connectivity index (χ4n) is 3.41. The van der Waals surface area contributed by atoms with Crippen molar-refractivity contribution >= 4 is 39.0 Å². The van der Waals surface area contributed by atoms with Gasteiger partial charge in [0.2, 0.25) is 5.95 Å². The summed E-state index contributed by atoms with van der Waals surface area (Å²) in [6.07, 6.45) is 4.03. The number of rotatable bonds is 5. The van der Waals surface area contributed by atoms with Crippen molar-refractivity contribution in [3.05, 3.63) is 63.9 Å². The van der Waals surface area contributed by atoms with Gasteiger partial charge in [0.1, 0.15) is 21.7 Å². The van der Waals surface area contributed by atoms with Crippen molar-refractivity contribution in [3.63, 3.8) is 0 Å². The Balaban J connectivity index is 1.63. The van der Waals surface area contributed by atoms with Crippen molar-refractivity contribution in [1.29, 1.82) is 0 Å². The quantitative estimate of drug-likeness (QED) is 0.314. The molecule has 0 unspecified atom stereocenters. The van der Waals surface area contributed by atoms with Gasteiger partial charge in [-0.15, -0.1) is 0 Å². The summed E-state index contributed by atoms with van der Waals surface area (Å²) in [5, 5.41) is 0.743. The molecule has 11 heteroatoms. The van der Waals surface area contributed by atoms with Crippen LogP contribution in [0.15, 0.2) is 58.3 Å². The molecule has 0 atom stereocenters. The minimum Gasteiger partial charge on any atom is -0.456 e. The second-order valence-corrected chi connectivity index (χ2v) is 9.70. The Kier molecular flexibility index (Phi) is 7.02. The van der Waals surface area contributed by atoms with Crippen LogP contribution in [0.4, 0.5) is 10.7 Å². The Morgan fingerprint density at radius 3 is 2.56 bits per heavy atom. The van der Waals surface area contributed by atoms with E-state index in [2.05, 4.69) is 35.9 Å². The molecule has 4 heterocycles. The lowest BCUT2D eigenvalue weighted by Crippen LogP contribution is -2.40. The minimum atomic E-state index is -0.675. The number of nitrogens with zero attached hydrogens (tertiary/aromatic N) is 6. The maximum atomic E-state index is 13.2. The lowest BCUT2D eigenvalue weighted by atomic mass is 10.2. The molecule has 0 radical (unpaired) electrons. The van der Waals surface area contributed by atoms with Crippen molar-refractivity contribution in [2.24, 2.45) is 7.05 Å². The summed E-state index contributed by atoms with van der Waals surface area (Å²) in [7, 11) is 1.56. The highest BCUT2D eigenvalue weighted by Gasteiger charge is 2.25. The average molecular weight is 553 g/mol. The number of hydrogen-bond acceptors (Lipinski definition) is 8. The van der Waals surface area contributed by atoms with E-state index in [4.69, 9.17) is 9.47 Å². The van der Waals surface area contributed by atoms with Gasteiger partial charge in [0, 0.05) is 37.4 Å². The van der Waals surface area contributed by atoms with Crippen LogP contribution in [-0.2, 0) is 11.8 Å². The predicted octanol–water partition coefficient (Wildman–Crippen LogP) is 5.10. The fraction of sp³-hybridized carbons (Fsp3) is 0.280. The van der Waals surface area contributed by atoms with Crippen LogP contribution in [0.1, 0.15) is 27.7 Å². The van der Waals surface area contributed by atoms with Crippen molar-refractivity contribution in [2.75, 3.05) is 11.4 Å². The standard InChI is InChI=1S/C25H25BrN6O4/c1-6-32(24(34)36-25(2,3)4)23-29-14-18(22(33)31(23)5)19-8-7-15-11-17(13-28-21(15)30-19)35-16-9-10-27-20(26)12-16/h7-14H,6H2,1-5H3. The third kappa shape index (κ3) is 5.51. The van der Waals surface area contributed by atoms with Gasteiger partial charge in [-0.2, -0.15) is 0 Å². The summed E-state index contributed by atoms with van der Waals surface area (Å²) < 4.78 is 13.3. The normalized spacial score (nSPS) is 11.4. The Bertz CT molecular complexity index is 1500. The molecule has 4 aromatic heterocycles. The number of fused-ring (bicyclic) bond motifs is 1. The first-order valence-corrected chi connectivity index (χ1v) is 12.0. The van der Waals surface area contributed by atoms with Gasteiger partial charge in [-0.3, -0.25) is 9.36 Å². The highest BCUT2D eigenvalue weighted by molar-refractivity contribution is 9.10. The smallest absolute Gasteiger partial charge is 0.417 e. The van der Waals surface area contributed by atoms with E-state index >= 15 is 0 Å². The molecule has 1 amide bonds. The van der Waals surface area contributed by atoms with E-state index in [-0.39, 0.29) is 23.6 Å². The molecule has 0 aliphatic heterocycles. The first kappa shape index (κ1) is 25.2. The van der Waals surface area contributed by atoms with Crippen LogP contribution in [0, 0.1) is 0 Å². The molecule has 10 nitrogen and oxygen atoms in total. The van der Waals surface area contributed by atoms with Crippen molar-refractivity contribution < 1.29 is 14.3 Å². The molecule has 36 heavy (non-hydrogen) atoms. The molecule has 0 N–H and O–H groups in total. The molecule has 0 saturated carbocycles. The van der Waals surface area contributed by atoms with Crippen molar-refractivity contribution in [2.45, 2.75) is 33.3 Å². The highest BCUT2D eigenvalue weighted by Crippen LogP contribution is 2.26. The van der Waals surface area contributed by atoms with E-state index in [0.29, 0.717) is 27.4 Å². The lowest BCUT2D eigenvalue weighted by molar-refractivity contribution is 0.0578. The molecule has 0 aliphatic rings. The van der Waals surface area contributed by atoms with E-state index in [1.807, 2.05) is 12.1 Å². The van der Waals surface area contributed by atoms with Gasteiger partial charge in [-0.25, -0.2) is 29.6 Å². The molecule has 0 aliphatic carbocycles. The second-order valence-electron chi connectivity index (χ2n) is 8.89. The molecule has 0 bridgehead atoms. The van der Waals surface area contributed by atoms with Gasteiger partial charge in [0.15, 0.2) is 5.65 Å².